The maximum atomic E-state index is 6.49. The van der Waals surface area contributed by atoms with Crippen LogP contribution >= 0.6 is 0 Å². The molecule has 20 heavy (non-hydrogen) atoms. The molecule has 1 aliphatic carbocycles. The molecule has 0 aliphatic heterocycles. The van der Waals surface area contributed by atoms with Gasteiger partial charge in [0, 0.05) is 6.42 Å². The summed E-state index contributed by atoms with van der Waals surface area (Å²) in [7, 11) is 0. The number of hydrogen-bond donors (Lipinski definition) is 1. The van der Waals surface area contributed by atoms with Gasteiger partial charge in [0.15, 0.2) is 5.82 Å². The Bertz CT molecular complexity index is 542. The van der Waals surface area contributed by atoms with E-state index < -0.39 is 5.54 Å². The van der Waals surface area contributed by atoms with Crippen molar-refractivity contribution >= 4 is 0 Å². The van der Waals surface area contributed by atoms with E-state index in [4.69, 9.17) is 10.3 Å². The van der Waals surface area contributed by atoms with Gasteiger partial charge in [0.05, 0.1) is 5.54 Å². The van der Waals surface area contributed by atoms with Gasteiger partial charge in [-0.15, -0.1) is 0 Å². The van der Waals surface area contributed by atoms with Crippen LogP contribution in [0.15, 0.2) is 34.9 Å². The molecule has 2 aromatic rings. The maximum absolute atomic E-state index is 6.49. The van der Waals surface area contributed by atoms with Crippen molar-refractivity contribution in [3.05, 3.63) is 47.6 Å². The fraction of sp³-hybridized carbons (Fsp3) is 0.500. The van der Waals surface area contributed by atoms with Crippen molar-refractivity contribution < 1.29 is 4.52 Å². The lowest BCUT2D eigenvalue weighted by Crippen LogP contribution is -2.36. The Morgan fingerprint density at radius 2 is 1.75 bits per heavy atom. The van der Waals surface area contributed by atoms with E-state index in [1.807, 2.05) is 18.2 Å². The molecule has 0 amide bonds. The summed E-state index contributed by atoms with van der Waals surface area (Å²) in [6, 6.07) is 10.2. The Morgan fingerprint density at radius 3 is 2.45 bits per heavy atom. The van der Waals surface area contributed by atoms with Crippen LogP contribution in [0.4, 0.5) is 0 Å². The van der Waals surface area contributed by atoms with Gasteiger partial charge in [-0.25, -0.2) is 0 Å². The Labute approximate surface area is 119 Å². The largest absolute Gasteiger partial charge is 0.337 e. The lowest BCUT2D eigenvalue weighted by Gasteiger charge is -2.22. The molecule has 1 aromatic heterocycles. The zero-order valence-corrected chi connectivity index (χ0v) is 11.7. The summed E-state index contributed by atoms with van der Waals surface area (Å²) in [5.41, 5.74) is 7.26. The fourth-order valence-electron chi connectivity index (χ4n) is 2.88. The summed E-state index contributed by atoms with van der Waals surface area (Å²) in [4.78, 5) is 4.54. The maximum Gasteiger partial charge on any atom is 0.246 e. The van der Waals surface area contributed by atoms with Gasteiger partial charge >= 0.3 is 0 Å². The smallest absolute Gasteiger partial charge is 0.246 e. The van der Waals surface area contributed by atoms with Crippen LogP contribution in [-0.2, 0) is 12.0 Å². The molecule has 4 nitrogen and oxygen atoms in total. The summed E-state index contributed by atoms with van der Waals surface area (Å²) in [5.74, 6) is 1.34. The Kier molecular flexibility index (Phi) is 3.83. The first kappa shape index (κ1) is 13.3. The average molecular weight is 271 g/mol. The highest BCUT2D eigenvalue weighted by molar-refractivity contribution is 5.18. The SMILES string of the molecule is NC1(c2nc(Cc3ccccc3)no2)CCCCCC1. The van der Waals surface area contributed by atoms with Gasteiger partial charge in [-0.3, -0.25) is 0 Å². The van der Waals surface area contributed by atoms with Crippen LogP contribution in [0, 0.1) is 0 Å². The van der Waals surface area contributed by atoms with Gasteiger partial charge in [0.1, 0.15) is 0 Å². The van der Waals surface area contributed by atoms with E-state index in [0.717, 1.165) is 31.5 Å². The van der Waals surface area contributed by atoms with Crippen LogP contribution in [0.2, 0.25) is 0 Å². The van der Waals surface area contributed by atoms with E-state index in [-0.39, 0.29) is 0 Å². The second-order valence-corrected chi connectivity index (χ2v) is 5.75. The van der Waals surface area contributed by atoms with Crippen molar-refractivity contribution in [2.75, 3.05) is 0 Å². The summed E-state index contributed by atoms with van der Waals surface area (Å²) in [6.07, 6.45) is 7.38. The first-order chi connectivity index (χ1) is 9.76. The molecule has 1 saturated carbocycles. The van der Waals surface area contributed by atoms with E-state index in [9.17, 15) is 0 Å². The molecule has 0 atom stereocenters. The highest BCUT2D eigenvalue weighted by Gasteiger charge is 2.34. The monoisotopic (exact) mass is 271 g/mol. The molecule has 106 valence electrons. The summed E-state index contributed by atoms with van der Waals surface area (Å²) in [5, 5.41) is 4.10. The van der Waals surface area contributed by atoms with Crippen LogP contribution < -0.4 is 5.73 Å². The molecule has 0 spiro atoms. The van der Waals surface area contributed by atoms with Crippen molar-refractivity contribution in [1.29, 1.82) is 0 Å². The van der Waals surface area contributed by atoms with Gasteiger partial charge in [0.25, 0.3) is 0 Å². The third-order valence-corrected chi connectivity index (χ3v) is 4.09. The molecule has 2 N–H and O–H groups in total. The van der Waals surface area contributed by atoms with Crippen LogP contribution in [0.25, 0.3) is 0 Å². The predicted octanol–water partition coefficient (Wildman–Crippen LogP) is 3.17. The van der Waals surface area contributed by atoms with E-state index in [1.165, 1.54) is 18.4 Å². The van der Waals surface area contributed by atoms with E-state index in [0.29, 0.717) is 12.3 Å². The second kappa shape index (κ2) is 5.75. The molecular formula is C16H21N3O. The van der Waals surface area contributed by atoms with Gasteiger partial charge in [-0.1, -0.05) is 61.2 Å². The first-order valence-electron chi connectivity index (χ1n) is 7.42. The summed E-state index contributed by atoms with van der Waals surface area (Å²) < 4.78 is 5.45. The minimum absolute atomic E-state index is 0.418. The predicted molar refractivity (Wildman–Crippen MR) is 77.1 cm³/mol. The zero-order chi connectivity index (χ0) is 13.8. The highest BCUT2D eigenvalue weighted by atomic mass is 16.5. The quantitative estimate of drug-likeness (QED) is 0.871. The number of nitrogens with two attached hydrogens (primary N) is 1. The van der Waals surface area contributed by atoms with Crippen LogP contribution in [-0.4, -0.2) is 10.1 Å². The third-order valence-electron chi connectivity index (χ3n) is 4.09. The van der Waals surface area contributed by atoms with Crippen molar-refractivity contribution in [3.63, 3.8) is 0 Å². The number of benzene rings is 1. The number of rotatable bonds is 3. The van der Waals surface area contributed by atoms with E-state index in [1.54, 1.807) is 0 Å². The second-order valence-electron chi connectivity index (χ2n) is 5.75. The first-order valence-corrected chi connectivity index (χ1v) is 7.42. The van der Waals surface area contributed by atoms with Crippen molar-refractivity contribution in [2.45, 2.75) is 50.5 Å². The van der Waals surface area contributed by atoms with Crippen molar-refractivity contribution in [2.24, 2.45) is 5.73 Å². The third kappa shape index (κ3) is 2.90. The molecule has 0 unspecified atom stereocenters. The minimum atomic E-state index is -0.418. The standard InChI is InChI=1S/C16H21N3O/c17-16(10-6-1-2-7-11-16)15-18-14(19-20-15)12-13-8-4-3-5-9-13/h3-5,8-9H,1-2,6-7,10-12,17H2. The lowest BCUT2D eigenvalue weighted by atomic mass is 9.91. The molecule has 0 saturated heterocycles. The lowest BCUT2D eigenvalue weighted by molar-refractivity contribution is 0.256. The van der Waals surface area contributed by atoms with Crippen LogP contribution in [0.1, 0.15) is 55.8 Å². The van der Waals surface area contributed by atoms with Gasteiger partial charge in [0.2, 0.25) is 5.89 Å². The van der Waals surface area contributed by atoms with Gasteiger partial charge in [-0.05, 0) is 18.4 Å². The van der Waals surface area contributed by atoms with Gasteiger partial charge in [-0.2, -0.15) is 4.98 Å². The highest BCUT2D eigenvalue weighted by Crippen LogP contribution is 2.32. The van der Waals surface area contributed by atoms with Crippen LogP contribution in [0.3, 0.4) is 0 Å². The molecule has 4 heteroatoms. The Morgan fingerprint density at radius 1 is 1.05 bits per heavy atom. The van der Waals surface area contributed by atoms with Crippen molar-refractivity contribution in [1.82, 2.24) is 10.1 Å². The average Bonchev–Trinajstić information content (AvgIpc) is 2.82. The summed E-state index contributed by atoms with van der Waals surface area (Å²) in [6.45, 7) is 0. The zero-order valence-electron chi connectivity index (χ0n) is 11.7. The fourth-order valence-corrected chi connectivity index (χ4v) is 2.88. The van der Waals surface area contributed by atoms with Crippen molar-refractivity contribution in [3.8, 4) is 0 Å². The van der Waals surface area contributed by atoms with E-state index >= 15 is 0 Å². The summed E-state index contributed by atoms with van der Waals surface area (Å²) >= 11 is 0. The van der Waals surface area contributed by atoms with E-state index in [2.05, 4.69) is 22.3 Å². The molecule has 1 aromatic carbocycles. The molecule has 0 bridgehead atoms. The molecule has 1 fully saturated rings. The van der Waals surface area contributed by atoms with Crippen LogP contribution in [0.5, 0.6) is 0 Å². The molecule has 0 radical (unpaired) electrons. The molecule has 1 aliphatic rings. The molecule has 1 heterocycles. The Hall–Kier alpha value is -1.68. The van der Waals surface area contributed by atoms with Gasteiger partial charge < -0.3 is 10.3 Å². The minimum Gasteiger partial charge on any atom is -0.337 e. The molecule has 3 rings (SSSR count). The number of nitrogens with zero attached hydrogens (tertiary/aromatic N) is 2. The number of aromatic nitrogens is 2. The Balaban J connectivity index is 1.76. The topological polar surface area (TPSA) is 64.9 Å². The molecular weight excluding hydrogens is 250 g/mol. The number of hydrogen-bond acceptors (Lipinski definition) is 4. The normalized spacial score (nSPS) is 18.6.